The van der Waals surface area contributed by atoms with E-state index in [2.05, 4.69) is 4.74 Å². The second kappa shape index (κ2) is 11.9. The first-order valence-corrected chi connectivity index (χ1v) is 14.7. The van der Waals surface area contributed by atoms with E-state index in [9.17, 15) is 71.1 Å². The van der Waals surface area contributed by atoms with Crippen molar-refractivity contribution < 1.29 is 85.3 Å². The van der Waals surface area contributed by atoms with Gasteiger partial charge in [0.2, 0.25) is 0 Å². The Labute approximate surface area is 272 Å². The topological polar surface area (TPSA) is 61.8 Å². The molecule has 0 N–H and O–H groups in total. The van der Waals surface area contributed by atoms with Crippen molar-refractivity contribution in [1.82, 2.24) is 0 Å². The van der Waals surface area contributed by atoms with Crippen LogP contribution in [0.3, 0.4) is 0 Å². The maximum Gasteiger partial charge on any atom is 0.431 e. The Hall–Kier alpha value is -3.80. The van der Waals surface area contributed by atoms with Crippen molar-refractivity contribution in [3.05, 3.63) is 53.1 Å². The summed E-state index contributed by atoms with van der Waals surface area (Å²) in [6.07, 6.45) is -26.0. The zero-order chi connectivity index (χ0) is 37.5. The minimum Gasteiger partial charge on any atom is -0.456 e. The molecule has 6 rings (SSSR count). The molecule has 276 valence electrons. The summed E-state index contributed by atoms with van der Waals surface area (Å²) in [7, 11) is 0. The van der Waals surface area contributed by atoms with E-state index in [4.69, 9.17) is 9.47 Å². The summed E-state index contributed by atoms with van der Waals surface area (Å²) in [6.45, 7) is -0.0543. The summed E-state index contributed by atoms with van der Waals surface area (Å²) >= 11 is 0. The predicted octanol–water partition coefficient (Wildman–Crippen LogP) is 10.2. The number of hydrogen-bond donors (Lipinski definition) is 0. The van der Waals surface area contributed by atoms with Gasteiger partial charge in [-0.15, -0.1) is 0 Å². The van der Waals surface area contributed by atoms with Gasteiger partial charge in [0.15, 0.2) is 5.75 Å². The third-order valence-corrected chi connectivity index (χ3v) is 9.19. The van der Waals surface area contributed by atoms with Crippen LogP contribution in [0.15, 0.2) is 36.4 Å². The van der Waals surface area contributed by atoms with Crippen molar-refractivity contribution in [1.29, 1.82) is 0 Å². The molecule has 3 unspecified atom stereocenters. The Balaban J connectivity index is 1.38. The van der Waals surface area contributed by atoms with Crippen molar-refractivity contribution in [3.63, 3.8) is 0 Å². The number of esters is 2. The average Bonchev–Trinajstić information content (AvgIpc) is 2.93. The summed E-state index contributed by atoms with van der Waals surface area (Å²) in [5.41, 5.74) is -10.1. The van der Waals surface area contributed by atoms with Crippen LogP contribution in [0.2, 0.25) is 0 Å². The molecule has 2 aromatic carbocycles. The molecule has 0 aliphatic heterocycles. The van der Waals surface area contributed by atoms with Gasteiger partial charge in [-0.1, -0.05) is 0 Å². The van der Waals surface area contributed by atoms with Gasteiger partial charge in [0, 0.05) is 6.92 Å². The molecule has 4 bridgehead atoms. The monoisotopic (exact) mass is 742 g/mol. The molecule has 2 aromatic rings. The molecule has 50 heavy (non-hydrogen) atoms. The third kappa shape index (κ3) is 7.31. The van der Waals surface area contributed by atoms with Gasteiger partial charge in [0.1, 0.15) is 11.5 Å². The van der Waals surface area contributed by atoms with Gasteiger partial charge in [-0.25, -0.2) is 8.78 Å². The Bertz CT molecular complexity index is 1570. The maximum absolute atomic E-state index is 13.8. The number of alkyl halides is 14. The Morgan fingerprint density at radius 1 is 0.680 bits per heavy atom. The van der Waals surface area contributed by atoms with Crippen LogP contribution in [0.1, 0.15) is 62.1 Å². The summed E-state index contributed by atoms with van der Waals surface area (Å²) in [6, 6.07) is 2.24. The van der Waals surface area contributed by atoms with E-state index < -0.39 is 99.8 Å². The number of carbonyl (C=O) groups excluding carboxylic acids is 2. The lowest BCUT2D eigenvalue weighted by Crippen LogP contribution is -2.60. The quantitative estimate of drug-likeness (QED) is 0.161. The van der Waals surface area contributed by atoms with E-state index in [1.165, 1.54) is 0 Å². The van der Waals surface area contributed by atoms with Gasteiger partial charge in [0.05, 0.1) is 27.5 Å². The molecule has 19 heteroatoms. The molecule has 3 atom stereocenters. The highest BCUT2D eigenvalue weighted by molar-refractivity contribution is 5.84. The average molecular weight is 743 g/mol. The van der Waals surface area contributed by atoms with Gasteiger partial charge in [-0.3, -0.25) is 9.59 Å². The Morgan fingerprint density at radius 2 is 1.12 bits per heavy atom. The molecule has 4 saturated carbocycles. The number of rotatable bonds is 7. The summed E-state index contributed by atoms with van der Waals surface area (Å²) in [5, 5.41) is 0. The van der Waals surface area contributed by atoms with Crippen molar-refractivity contribution in [3.8, 4) is 17.2 Å². The van der Waals surface area contributed by atoms with Crippen LogP contribution in [0, 0.1) is 22.7 Å². The SMILES string of the molecule is CC(F)(F)C(OC(=O)C12CC3CC(CC(C(=O)Oc4ccc(Oc5c(C(F)(F)F)cc(C(F)(F)F)cc5C(F)(F)F)cc4)(C3)C1)C2)C(F)(F)F. The number of benzene rings is 2. The highest BCUT2D eigenvalue weighted by Crippen LogP contribution is 2.66. The lowest BCUT2D eigenvalue weighted by Gasteiger charge is -2.59. The van der Waals surface area contributed by atoms with E-state index >= 15 is 0 Å². The summed E-state index contributed by atoms with van der Waals surface area (Å²) in [5.74, 6) is -10.8. The number of hydrogen-bond acceptors (Lipinski definition) is 5. The molecule has 0 radical (unpaired) electrons. The molecule has 5 nitrogen and oxygen atoms in total. The molecule has 0 amide bonds. The zero-order valence-corrected chi connectivity index (χ0v) is 25.3. The first-order valence-electron chi connectivity index (χ1n) is 14.7. The van der Waals surface area contributed by atoms with Gasteiger partial charge < -0.3 is 14.2 Å². The Kier molecular flexibility index (Phi) is 8.90. The maximum atomic E-state index is 13.8. The van der Waals surface area contributed by atoms with Crippen LogP contribution in [0.25, 0.3) is 0 Å². The van der Waals surface area contributed by atoms with Crippen LogP contribution in [0.4, 0.5) is 61.5 Å². The fraction of sp³-hybridized carbons (Fsp3) is 0.548. The molecule has 4 fully saturated rings. The summed E-state index contributed by atoms with van der Waals surface area (Å²) in [4.78, 5) is 26.7. The number of ether oxygens (including phenoxy) is 3. The van der Waals surface area contributed by atoms with Crippen LogP contribution in [0.5, 0.6) is 17.2 Å². The second-order valence-corrected chi connectivity index (χ2v) is 13.2. The first kappa shape index (κ1) is 37.5. The van der Waals surface area contributed by atoms with E-state index in [1.807, 2.05) is 0 Å². The van der Waals surface area contributed by atoms with Crippen molar-refractivity contribution in [2.75, 3.05) is 0 Å². The van der Waals surface area contributed by atoms with Gasteiger partial charge in [0.25, 0.3) is 12.0 Å². The number of carbonyl (C=O) groups is 2. The predicted molar refractivity (Wildman–Crippen MR) is 140 cm³/mol. The lowest BCUT2D eigenvalue weighted by atomic mass is 9.44. The highest BCUT2D eigenvalue weighted by Gasteiger charge is 2.66. The second-order valence-electron chi connectivity index (χ2n) is 13.2. The van der Waals surface area contributed by atoms with E-state index in [0.29, 0.717) is 6.42 Å². The molecule has 4 aliphatic rings. The zero-order valence-electron chi connectivity index (χ0n) is 25.3. The van der Waals surface area contributed by atoms with Crippen LogP contribution >= 0.6 is 0 Å². The standard InChI is InChI=1S/C31H24F14O5/c1-25(32,33)22(31(43,44)45)50-24(47)27-11-14-6-15(12-27)10-26(9-14,13-27)23(46)49-18-4-2-17(3-5-18)48-21-19(29(37,38)39)7-16(28(34,35)36)8-20(21)30(40,41)42/h2-5,7-8,14-15,22H,6,9-13H2,1H3. The van der Waals surface area contributed by atoms with Crippen LogP contribution in [-0.4, -0.2) is 30.1 Å². The van der Waals surface area contributed by atoms with Crippen molar-refractivity contribution >= 4 is 11.9 Å². The van der Waals surface area contributed by atoms with Crippen molar-refractivity contribution in [2.45, 2.75) is 82.2 Å². The molecule has 0 spiro atoms. The fourth-order valence-corrected chi connectivity index (χ4v) is 7.66. The van der Waals surface area contributed by atoms with E-state index in [1.54, 1.807) is 0 Å². The molecular weight excluding hydrogens is 718 g/mol. The molecule has 4 aliphatic carbocycles. The lowest BCUT2D eigenvalue weighted by molar-refractivity contribution is -0.280. The molecule has 0 heterocycles. The van der Waals surface area contributed by atoms with Crippen molar-refractivity contribution in [2.24, 2.45) is 22.7 Å². The normalized spacial score (nSPS) is 26.1. The molecule has 0 aromatic heterocycles. The smallest absolute Gasteiger partial charge is 0.431 e. The minimum absolute atomic E-state index is 0.0208. The third-order valence-electron chi connectivity index (χ3n) is 9.19. The van der Waals surface area contributed by atoms with Crippen LogP contribution in [-0.2, 0) is 32.9 Å². The molecule has 0 saturated heterocycles. The highest BCUT2D eigenvalue weighted by atomic mass is 19.4. The van der Waals surface area contributed by atoms with Gasteiger partial charge in [-0.05, 0) is 86.8 Å². The van der Waals surface area contributed by atoms with E-state index in [0.717, 1.165) is 24.3 Å². The van der Waals surface area contributed by atoms with Gasteiger partial charge in [-0.2, -0.15) is 52.7 Å². The largest absolute Gasteiger partial charge is 0.456 e. The minimum atomic E-state index is -5.72. The first-order chi connectivity index (χ1) is 22.6. The Morgan fingerprint density at radius 3 is 1.52 bits per heavy atom. The van der Waals surface area contributed by atoms with Gasteiger partial charge >= 0.3 is 36.6 Å². The number of halogens is 14. The summed E-state index contributed by atoms with van der Waals surface area (Å²) < 4.78 is 204. The fourth-order valence-electron chi connectivity index (χ4n) is 7.66. The molecular formula is C31H24F14O5. The van der Waals surface area contributed by atoms with E-state index in [-0.39, 0.29) is 56.6 Å². The van der Waals surface area contributed by atoms with Crippen LogP contribution < -0.4 is 9.47 Å².